The molecular weight excluding hydrogens is 224 g/mol. The normalized spacial score (nSPS) is 21.2. The SMILES string of the molecule is CN1CCCC1C(=O)c1cccc(Cl)c1N. The van der Waals surface area contributed by atoms with Crippen molar-refractivity contribution in [3.63, 3.8) is 0 Å². The van der Waals surface area contributed by atoms with Gasteiger partial charge < -0.3 is 5.73 Å². The van der Waals surface area contributed by atoms with Crippen LogP contribution >= 0.6 is 11.6 Å². The molecule has 1 aliphatic rings. The zero-order chi connectivity index (χ0) is 11.7. The number of rotatable bonds is 2. The molecular formula is C12H15ClN2O. The van der Waals surface area contributed by atoms with Crippen LogP contribution in [0.1, 0.15) is 23.2 Å². The lowest BCUT2D eigenvalue weighted by Crippen LogP contribution is -2.33. The highest BCUT2D eigenvalue weighted by atomic mass is 35.5. The predicted molar refractivity (Wildman–Crippen MR) is 65.8 cm³/mol. The Morgan fingerprint density at radius 2 is 2.31 bits per heavy atom. The molecule has 1 heterocycles. The highest BCUT2D eigenvalue weighted by molar-refractivity contribution is 6.34. The molecule has 2 rings (SSSR count). The van der Waals surface area contributed by atoms with Gasteiger partial charge >= 0.3 is 0 Å². The van der Waals surface area contributed by atoms with E-state index in [2.05, 4.69) is 4.90 Å². The molecule has 0 aromatic heterocycles. The maximum absolute atomic E-state index is 12.3. The molecule has 0 saturated carbocycles. The first kappa shape index (κ1) is 11.4. The molecule has 1 aromatic carbocycles. The molecule has 0 spiro atoms. The summed E-state index contributed by atoms with van der Waals surface area (Å²) in [7, 11) is 1.97. The standard InChI is InChI=1S/C12H15ClN2O/c1-15-7-3-6-10(15)12(16)8-4-2-5-9(13)11(8)14/h2,4-5,10H,3,6-7,14H2,1H3. The fourth-order valence-electron chi connectivity index (χ4n) is 2.17. The molecule has 0 radical (unpaired) electrons. The Morgan fingerprint density at radius 3 is 2.94 bits per heavy atom. The van der Waals surface area contributed by atoms with Crippen LogP contribution in [-0.4, -0.2) is 30.3 Å². The summed E-state index contributed by atoms with van der Waals surface area (Å²) < 4.78 is 0. The molecule has 1 aliphatic heterocycles. The summed E-state index contributed by atoms with van der Waals surface area (Å²) in [6.45, 7) is 0.969. The first-order chi connectivity index (χ1) is 7.61. The second-order valence-corrected chi connectivity index (χ2v) is 4.61. The van der Waals surface area contributed by atoms with Crippen molar-refractivity contribution in [2.75, 3.05) is 19.3 Å². The summed E-state index contributed by atoms with van der Waals surface area (Å²) in [4.78, 5) is 14.3. The van der Waals surface area contributed by atoms with Gasteiger partial charge in [-0.3, -0.25) is 9.69 Å². The van der Waals surface area contributed by atoms with Crippen LogP contribution in [0.15, 0.2) is 18.2 Å². The number of nitrogens with two attached hydrogens (primary N) is 1. The zero-order valence-electron chi connectivity index (χ0n) is 9.24. The Bertz CT molecular complexity index is 419. The van der Waals surface area contributed by atoms with E-state index in [1.165, 1.54) is 0 Å². The minimum atomic E-state index is -0.0410. The first-order valence-electron chi connectivity index (χ1n) is 5.39. The van der Waals surface area contributed by atoms with Crippen LogP contribution < -0.4 is 5.73 Å². The monoisotopic (exact) mass is 238 g/mol. The average molecular weight is 239 g/mol. The van der Waals surface area contributed by atoms with Crippen molar-refractivity contribution < 1.29 is 4.79 Å². The minimum Gasteiger partial charge on any atom is -0.397 e. The van der Waals surface area contributed by atoms with Crippen molar-refractivity contribution in [3.8, 4) is 0 Å². The van der Waals surface area contributed by atoms with Gasteiger partial charge in [-0.15, -0.1) is 0 Å². The second-order valence-electron chi connectivity index (χ2n) is 4.20. The third-order valence-corrected chi connectivity index (χ3v) is 3.47. The smallest absolute Gasteiger partial charge is 0.182 e. The molecule has 1 fully saturated rings. The predicted octanol–water partition coefficient (Wildman–Crippen LogP) is 2.20. The number of anilines is 1. The Morgan fingerprint density at radius 1 is 1.56 bits per heavy atom. The Balaban J connectivity index is 2.30. The highest BCUT2D eigenvalue weighted by Gasteiger charge is 2.29. The van der Waals surface area contributed by atoms with E-state index < -0.39 is 0 Å². The summed E-state index contributed by atoms with van der Waals surface area (Å²) in [5.74, 6) is 0.0833. The van der Waals surface area contributed by atoms with E-state index in [4.69, 9.17) is 17.3 Å². The topological polar surface area (TPSA) is 46.3 Å². The number of likely N-dealkylation sites (tertiary alicyclic amines) is 1. The van der Waals surface area contributed by atoms with Gasteiger partial charge in [0.1, 0.15) is 0 Å². The number of carbonyl (C=O) groups excluding carboxylic acids is 1. The van der Waals surface area contributed by atoms with Gasteiger partial charge in [0.2, 0.25) is 0 Å². The number of para-hydroxylation sites is 1. The van der Waals surface area contributed by atoms with Gasteiger partial charge in [0, 0.05) is 5.56 Å². The summed E-state index contributed by atoms with van der Waals surface area (Å²) >= 11 is 5.91. The number of likely N-dealkylation sites (N-methyl/N-ethyl adjacent to an activating group) is 1. The number of hydrogen-bond donors (Lipinski definition) is 1. The van der Waals surface area contributed by atoms with Crippen molar-refractivity contribution in [3.05, 3.63) is 28.8 Å². The van der Waals surface area contributed by atoms with Crippen LogP contribution in [0, 0.1) is 0 Å². The molecule has 1 atom stereocenters. The zero-order valence-corrected chi connectivity index (χ0v) is 10.00. The lowest BCUT2D eigenvalue weighted by Gasteiger charge is -2.19. The third kappa shape index (κ3) is 1.93. The Labute approximate surface area is 100 Å². The van der Waals surface area contributed by atoms with Crippen LogP contribution in [0.2, 0.25) is 5.02 Å². The fraction of sp³-hybridized carbons (Fsp3) is 0.417. The van der Waals surface area contributed by atoms with Crippen LogP contribution in [0.3, 0.4) is 0 Å². The molecule has 0 aliphatic carbocycles. The summed E-state index contributed by atoms with van der Waals surface area (Å²) in [6, 6.07) is 5.17. The second kappa shape index (κ2) is 4.44. The van der Waals surface area contributed by atoms with E-state index in [1.54, 1.807) is 18.2 Å². The summed E-state index contributed by atoms with van der Waals surface area (Å²) in [5, 5.41) is 0.450. The molecule has 2 N–H and O–H groups in total. The maximum atomic E-state index is 12.3. The molecule has 1 saturated heterocycles. The molecule has 1 aromatic rings. The molecule has 86 valence electrons. The molecule has 0 amide bonds. The van der Waals surface area contributed by atoms with Crippen LogP contribution in [0.5, 0.6) is 0 Å². The highest BCUT2D eigenvalue weighted by Crippen LogP contribution is 2.26. The fourth-order valence-corrected chi connectivity index (χ4v) is 2.35. The van der Waals surface area contributed by atoms with Crippen molar-refractivity contribution in [1.29, 1.82) is 0 Å². The number of hydrogen-bond acceptors (Lipinski definition) is 3. The van der Waals surface area contributed by atoms with E-state index in [0.717, 1.165) is 19.4 Å². The molecule has 0 bridgehead atoms. The summed E-state index contributed by atoms with van der Waals surface area (Å²) in [6.07, 6.45) is 1.97. The van der Waals surface area contributed by atoms with Gasteiger partial charge in [0.05, 0.1) is 16.8 Å². The van der Waals surface area contributed by atoms with Gasteiger partial charge in [-0.05, 0) is 38.6 Å². The molecule has 4 heteroatoms. The van der Waals surface area contributed by atoms with Crippen LogP contribution in [0.4, 0.5) is 5.69 Å². The first-order valence-corrected chi connectivity index (χ1v) is 5.77. The number of nitrogen functional groups attached to an aromatic ring is 1. The van der Waals surface area contributed by atoms with Gasteiger partial charge in [0.15, 0.2) is 5.78 Å². The van der Waals surface area contributed by atoms with Gasteiger partial charge in [0.25, 0.3) is 0 Å². The molecule has 16 heavy (non-hydrogen) atoms. The van der Waals surface area contributed by atoms with Crippen LogP contribution in [-0.2, 0) is 0 Å². The van der Waals surface area contributed by atoms with Gasteiger partial charge in [-0.25, -0.2) is 0 Å². The number of benzene rings is 1. The number of Topliss-reactive ketones (excluding diaryl/α,β-unsaturated/α-hetero) is 1. The Hall–Kier alpha value is -1.06. The lowest BCUT2D eigenvalue weighted by atomic mass is 10.0. The minimum absolute atomic E-state index is 0.0410. The van der Waals surface area contributed by atoms with E-state index in [-0.39, 0.29) is 11.8 Å². The average Bonchev–Trinajstić information content (AvgIpc) is 2.68. The quantitative estimate of drug-likeness (QED) is 0.635. The van der Waals surface area contributed by atoms with Crippen molar-refractivity contribution in [1.82, 2.24) is 4.90 Å². The van der Waals surface area contributed by atoms with Gasteiger partial charge in [-0.2, -0.15) is 0 Å². The van der Waals surface area contributed by atoms with Gasteiger partial charge in [-0.1, -0.05) is 17.7 Å². The number of nitrogens with zero attached hydrogens (tertiary/aromatic N) is 1. The molecule has 1 unspecified atom stereocenters. The Kier molecular flexibility index (Phi) is 3.17. The van der Waals surface area contributed by atoms with Crippen molar-refractivity contribution >= 4 is 23.1 Å². The number of halogens is 1. The number of ketones is 1. The molecule has 3 nitrogen and oxygen atoms in total. The van der Waals surface area contributed by atoms with E-state index in [9.17, 15) is 4.79 Å². The lowest BCUT2D eigenvalue weighted by molar-refractivity contribution is 0.0891. The largest absolute Gasteiger partial charge is 0.397 e. The summed E-state index contributed by atoms with van der Waals surface area (Å²) in [5.41, 5.74) is 6.77. The van der Waals surface area contributed by atoms with E-state index >= 15 is 0 Å². The van der Waals surface area contributed by atoms with Crippen LogP contribution in [0.25, 0.3) is 0 Å². The van der Waals surface area contributed by atoms with E-state index in [0.29, 0.717) is 16.3 Å². The third-order valence-electron chi connectivity index (χ3n) is 3.14. The van der Waals surface area contributed by atoms with Crippen molar-refractivity contribution in [2.45, 2.75) is 18.9 Å². The number of carbonyl (C=O) groups is 1. The maximum Gasteiger partial charge on any atom is 0.182 e. The van der Waals surface area contributed by atoms with E-state index in [1.807, 2.05) is 7.05 Å². The van der Waals surface area contributed by atoms with Crippen molar-refractivity contribution in [2.24, 2.45) is 0 Å².